The molecule has 3 heterocycles. The first-order chi connectivity index (χ1) is 23.1. The molecule has 0 bridgehead atoms. The summed E-state index contributed by atoms with van der Waals surface area (Å²) < 4.78 is 5.13. The van der Waals surface area contributed by atoms with Crippen molar-refractivity contribution in [2.45, 2.75) is 19.3 Å². The summed E-state index contributed by atoms with van der Waals surface area (Å²) >= 11 is 1.93. The Kier molecular flexibility index (Phi) is 5.50. The van der Waals surface area contributed by atoms with Gasteiger partial charge in [0.15, 0.2) is 5.82 Å². The van der Waals surface area contributed by atoms with E-state index in [2.05, 4.69) is 152 Å². The first-order valence-corrected chi connectivity index (χ1v) is 16.9. The molecule has 4 heteroatoms. The van der Waals surface area contributed by atoms with E-state index in [0.717, 1.165) is 28.2 Å². The number of fused-ring (bicyclic) bond motifs is 12. The molecule has 47 heavy (non-hydrogen) atoms. The molecule has 1 aliphatic rings. The third-order valence-corrected chi connectivity index (χ3v) is 11.2. The van der Waals surface area contributed by atoms with Crippen molar-refractivity contribution in [1.29, 1.82) is 0 Å². The summed E-state index contributed by atoms with van der Waals surface area (Å²) in [4.78, 5) is 10.5. The number of aromatic nitrogens is 3. The Morgan fingerprint density at radius 3 is 2.09 bits per heavy atom. The Morgan fingerprint density at radius 1 is 0.617 bits per heavy atom. The van der Waals surface area contributed by atoms with Crippen LogP contribution in [0.25, 0.3) is 81.6 Å². The summed E-state index contributed by atoms with van der Waals surface area (Å²) in [7, 11) is 0. The van der Waals surface area contributed by atoms with Gasteiger partial charge in [0.2, 0.25) is 0 Å². The van der Waals surface area contributed by atoms with E-state index in [1.165, 1.54) is 58.7 Å². The van der Waals surface area contributed by atoms with Gasteiger partial charge in [-0.25, -0.2) is 9.97 Å². The van der Waals surface area contributed by atoms with Gasteiger partial charge in [0.05, 0.1) is 16.7 Å². The van der Waals surface area contributed by atoms with Gasteiger partial charge >= 0.3 is 0 Å². The van der Waals surface area contributed by atoms with Crippen LogP contribution in [0.15, 0.2) is 140 Å². The van der Waals surface area contributed by atoms with Crippen LogP contribution in [0.4, 0.5) is 0 Å². The standard InChI is InChI=1S/C43H29N3S/c1-43(2)31-22-12-9-19-28(31)38-39(43)41-37(30-21-11-14-24-34(30)47-41)36-29-20-10-13-23-33(29)46(40(36)38)35-25-32(26-15-5-3-6-16-26)44-42(45-35)27-17-7-4-8-18-27/h3-25H,1-2H3. The molecule has 0 atom stereocenters. The van der Waals surface area contributed by atoms with Gasteiger partial charge in [-0.05, 0) is 28.8 Å². The van der Waals surface area contributed by atoms with Crippen molar-refractivity contribution in [3.8, 4) is 39.6 Å². The van der Waals surface area contributed by atoms with Gasteiger partial charge in [-0.2, -0.15) is 0 Å². The van der Waals surface area contributed by atoms with Crippen LogP contribution in [0.3, 0.4) is 0 Å². The molecule has 0 saturated heterocycles. The van der Waals surface area contributed by atoms with Crippen LogP contribution in [-0.4, -0.2) is 14.5 Å². The molecule has 0 radical (unpaired) electrons. The van der Waals surface area contributed by atoms with Crippen molar-refractivity contribution in [2.24, 2.45) is 0 Å². The van der Waals surface area contributed by atoms with E-state index in [0.29, 0.717) is 5.82 Å². The Labute approximate surface area is 276 Å². The van der Waals surface area contributed by atoms with E-state index in [-0.39, 0.29) is 5.41 Å². The molecular formula is C43H29N3S. The summed E-state index contributed by atoms with van der Waals surface area (Å²) in [5.74, 6) is 1.58. The number of rotatable bonds is 3. The third-order valence-electron chi connectivity index (χ3n) is 9.97. The lowest BCUT2D eigenvalue weighted by molar-refractivity contribution is 0.667. The van der Waals surface area contributed by atoms with Gasteiger partial charge in [-0.15, -0.1) is 11.3 Å². The highest BCUT2D eigenvalue weighted by molar-refractivity contribution is 7.26. The number of hydrogen-bond donors (Lipinski definition) is 0. The number of benzene rings is 6. The van der Waals surface area contributed by atoms with E-state index in [4.69, 9.17) is 9.97 Å². The van der Waals surface area contributed by atoms with E-state index in [9.17, 15) is 0 Å². The van der Waals surface area contributed by atoms with Crippen LogP contribution in [0.1, 0.15) is 25.0 Å². The molecule has 222 valence electrons. The Hall–Kier alpha value is -5.58. The highest BCUT2D eigenvalue weighted by Gasteiger charge is 2.41. The molecule has 1 aliphatic carbocycles. The third kappa shape index (κ3) is 3.67. The fourth-order valence-electron chi connectivity index (χ4n) is 7.93. The normalized spacial score (nSPS) is 13.5. The van der Waals surface area contributed by atoms with Gasteiger partial charge < -0.3 is 0 Å². The zero-order valence-corrected chi connectivity index (χ0v) is 26.8. The predicted molar refractivity (Wildman–Crippen MR) is 198 cm³/mol. The van der Waals surface area contributed by atoms with E-state index in [1.54, 1.807) is 0 Å². The first kappa shape index (κ1) is 26.6. The highest BCUT2D eigenvalue weighted by Crippen LogP contribution is 2.58. The zero-order valence-electron chi connectivity index (χ0n) is 26.0. The van der Waals surface area contributed by atoms with Gasteiger partial charge in [0.1, 0.15) is 5.82 Å². The molecule has 0 unspecified atom stereocenters. The quantitative estimate of drug-likeness (QED) is 0.197. The van der Waals surface area contributed by atoms with Crippen LogP contribution < -0.4 is 0 Å². The molecule has 6 aromatic carbocycles. The summed E-state index contributed by atoms with van der Waals surface area (Å²) in [6.45, 7) is 4.79. The van der Waals surface area contributed by atoms with Crippen molar-refractivity contribution in [1.82, 2.24) is 14.5 Å². The van der Waals surface area contributed by atoms with Gasteiger partial charge in [-0.3, -0.25) is 4.57 Å². The van der Waals surface area contributed by atoms with Gasteiger partial charge in [0, 0.05) is 59.1 Å². The number of para-hydroxylation sites is 1. The van der Waals surface area contributed by atoms with Crippen LogP contribution in [0.5, 0.6) is 0 Å². The molecule has 0 spiro atoms. The van der Waals surface area contributed by atoms with Gasteiger partial charge in [-0.1, -0.05) is 135 Å². The fraction of sp³-hybridized carbons (Fsp3) is 0.0698. The smallest absolute Gasteiger partial charge is 0.162 e. The summed E-state index contributed by atoms with van der Waals surface area (Å²) in [5, 5.41) is 5.19. The largest absolute Gasteiger partial charge is 0.293 e. The fourth-order valence-corrected chi connectivity index (χ4v) is 9.35. The lowest BCUT2D eigenvalue weighted by Crippen LogP contribution is -2.15. The van der Waals surface area contributed by atoms with Crippen molar-refractivity contribution < 1.29 is 0 Å². The lowest BCUT2D eigenvalue weighted by atomic mass is 9.81. The summed E-state index contributed by atoms with van der Waals surface area (Å²) in [6, 6.07) is 49.7. The van der Waals surface area contributed by atoms with Gasteiger partial charge in [0.25, 0.3) is 0 Å². The van der Waals surface area contributed by atoms with E-state index < -0.39 is 0 Å². The molecule has 3 aromatic heterocycles. The second-order valence-electron chi connectivity index (χ2n) is 13.0. The van der Waals surface area contributed by atoms with Crippen molar-refractivity contribution in [3.63, 3.8) is 0 Å². The Morgan fingerprint density at radius 2 is 1.28 bits per heavy atom. The minimum Gasteiger partial charge on any atom is -0.293 e. The average Bonchev–Trinajstić information content (AvgIpc) is 3.75. The topological polar surface area (TPSA) is 30.7 Å². The highest BCUT2D eigenvalue weighted by atomic mass is 32.1. The molecule has 0 N–H and O–H groups in total. The lowest BCUT2D eigenvalue weighted by Gasteiger charge is -2.22. The summed E-state index contributed by atoms with van der Waals surface area (Å²) in [6.07, 6.45) is 0. The maximum atomic E-state index is 5.37. The number of thiophene rings is 1. The SMILES string of the molecule is CC1(C)c2ccccc2-c2c1c1sc3ccccc3c1c1c3ccccc3n(-c3cc(-c4ccccc4)nc(-c4ccccc4)n3)c21. The predicted octanol–water partition coefficient (Wildman–Crippen LogP) is 11.6. The molecule has 9 aromatic rings. The Balaban J connectivity index is 1.45. The molecule has 0 saturated carbocycles. The van der Waals surface area contributed by atoms with E-state index >= 15 is 0 Å². The molecule has 0 amide bonds. The number of nitrogens with zero attached hydrogens (tertiary/aromatic N) is 3. The molecular weight excluding hydrogens is 591 g/mol. The first-order valence-electron chi connectivity index (χ1n) is 16.1. The molecule has 3 nitrogen and oxygen atoms in total. The number of hydrogen-bond acceptors (Lipinski definition) is 3. The Bertz CT molecular complexity index is 2640. The molecule has 10 rings (SSSR count). The minimum atomic E-state index is -0.170. The maximum absolute atomic E-state index is 5.37. The van der Waals surface area contributed by atoms with Crippen LogP contribution >= 0.6 is 11.3 Å². The van der Waals surface area contributed by atoms with Crippen molar-refractivity contribution in [3.05, 3.63) is 151 Å². The minimum absolute atomic E-state index is 0.170. The second kappa shape index (κ2) is 9.71. The summed E-state index contributed by atoms with van der Waals surface area (Å²) in [5.41, 5.74) is 10.6. The molecule has 0 fully saturated rings. The van der Waals surface area contributed by atoms with Crippen molar-refractivity contribution in [2.75, 3.05) is 0 Å². The monoisotopic (exact) mass is 619 g/mol. The second-order valence-corrected chi connectivity index (χ2v) is 14.0. The maximum Gasteiger partial charge on any atom is 0.162 e. The van der Waals surface area contributed by atoms with E-state index in [1.807, 2.05) is 17.4 Å². The average molecular weight is 620 g/mol. The van der Waals surface area contributed by atoms with Crippen LogP contribution in [-0.2, 0) is 5.41 Å². The van der Waals surface area contributed by atoms with Crippen LogP contribution in [0, 0.1) is 0 Å². The zero-order chi connectivity index (χ0) is 31.3. The molecule has 0 aliphatic heterocycles. The van der Waals surface area contributed by atoms with Crippen molar-refractivity contribution >= 4 is 53.3 Å². The van der Waals surface area contributed by atoms with Crippen LogP contribution in [0.2, 0.25) is 0 Å².